The van der Waals surface area contributed by atoms with Gasteiger partial charge >= 0.3 is 0 Å². The predicted octanol–water partition coefficient (Wildman–Crippen LogP) is 5.33. The van der Waals surface area contributed by atoms with Gasteiger partial charge in [0.2, 0.25) is 5.91 Å². The van der Waals surface area contributed by atoms with Crippen molar-refractivity contribution < 1.29 is 14.3 Å². The molecular formula is C28H43N3O3. The summed E-state index contributed by atoms with van der Waals surface area (Å²) in [5.74, 6) is 4.22. The standard InChI is InChI=1S/C28H43N3O3/c1-18(32)30-21-14-29-31(15-21)16-26(33)25-8-7-23-22-6-5-20-13-19(17-34-4)9-11-27(20,2)24(22)10-12-28(23,25)3/h14-15,19-20,22-25H,5-13,16-17H2,1-4H3,(H,30,32). The van der Waals surface area contributed by atoms with Crippen molar-refractivity contribution in [3.63, 3.8) is 0 Å². The number of hydrogen-bond donors (Lipinski definition) is 1. The van der Waals surface area contributed by atoms with Crippen LogP contribution in [0.25, 0.3) is 0 Å². The maximum atomic E-state index is 13.5. The maximum absolute atomic E-state index is 13.5. The second kappa shape index (κ2) is 9.07. The van der Waals surface area contributed by atoms with Gasteiger partial charge in [0.25, 0.3) is 0 Å². The Kier molecular flexibility index (Phi) is 6.41. The van der Waals surface area contributed by atoms with Gasteiger partial charge in [0.15, 0.2) is 5.78 Å². The molecule has 0 radical (unpaired) electrons. The first-order chi connectivity index (χ1) is 16.2. The maximum Gasteiger partial charge on any atom is 0.221 e. The van der Waals surface area contributed by atoms with Crippen LogP contribution in [0.15, 0.2) is 12.4 Å². The average Bonchev–Trinajstić information content (AvgIpc) is 3.37. The van der Waals surface area contributed by atoms with Gasteiger partial charge in [-0.25, -0.2) is 0 Å². The quantitative estimate of drug-likeness (QED) is 0.611. The van der Waals surface area contributed by atoms with E-state index in [4.69, 9.17) is 4.74 Å². The highest BCUT2D eigenvalue weighted by Crippen LogP contribution is 2.67. The predicted molar refractivity (Wildman–Crippen MR) is 132 cm³/mol. The van der Waals surface area contributed by atoms with E-state index in [1.165, 1.54) is 58.3 Å². The van der Waals surface area contributed by atoms with Gasteiger partial charge in [0.1, 0.15) is 0 Å². The lowest BCUT2D eigenvalue weighted by molar-refractivity contribution is -0.138. The molecule has 6 heteroatoms. The molecule has 4 saturated carbocycles. The molecular weight excluding hydrogens is 426 g/mol. The smallest absolute Gasteiger partial charge is 0.221 e. The molecule has 0 spiro atoms. The van der Waals surface area contributed by atoms with Crippen LogP contribution in [0.2, 0.25) is 0 Å². The molecule has 6 nitrogen and oxygen atoms in total. The van der Waals surface area contributed by atoms with E-state index < -0.39 is 0 Å². The van der Waals surface area contributed by atoms with E-state index >= 15 is 0 Å². The van der Waals surface area contributed by atoms with E-state index in [0.717, 1.165) is 36.7 Å². The number of carbonyl (C=O) groups is 2. The van der Waals surface area contributed by atoms with E-state index in [9.17, 15) is 9.59 Å². The van der Waals surface area contributed by atoms with E-state index in [0.29, 0.717) is 29.3 Å². The summed E-state index contributed by atoms with van der Waals surface area (Å²) >= 11 is 0. The molecule has 0 saturated heterocycles. The van der Waals surface area contributed by atoms with Crippen LogP contribution in [0, 0.1) is 46.3 Å². The minimum Gasteiger partial charge on any atom is -0.384 e. The summed E-state index contributed by atoms with van der Waals surface area (Å²) in [5.41, 5.74) is 1.26. The largest absolute Gasteiger partial charge is 0.384 e. The SMILES string of the molecule is COCC1CCC2(C)C(CCC3C2CCC2(C)C(C(=O)Cn4cc(NC(C)=O)cn4)CCC32)C1. The van der Waals surface area contributed by atoms with Gasteiger partial charge in [0, 0.05) is 32.8 Å². The number of hydrogen-bond acceptors (Lipinski definition) is 4. The van der Waals surface area contributed by atoms with Crippen LogP contribution in [0.3, 0.4) is 0 Å². The Labute approximate surface area is 204 Å². The molecule has 188 valence electrons. The number of nitrogens with zero attached hydrogens (tertiary/aromatic N) is 2. The Morgan fingerprint density at radius 1 is 1.09 bits per heavy atom. The highest BCUT2D eigenvalue weighted by Gasteiger charge is 2.61. The molecule has 1 heterocycles. The van der Waals surface area contributed by atoms with Crippen molar-refractivity contribution >= 4 is 17.4 Å². The lowest BCUT2D eigenvalue weighted by atomic mass is 9.44. The molecule has 4 aliphatic rings. The second-order valence-corrected chi connectivity index (χ2v) is 12.5. The number of ketones is 1. The first-order valence-electron chi connectivity index (χ1n) is 13.6. The van der Waals surface area contributed by atoms with Crippen LogP contribution >= 0.6 is 0 Å². The summed E-state index contributed by atoms with van der Waals surface area (Å²) in [6.07, 6.45) is 14.8. The van der Waals surface area contributed by atoms with Crippen LogP contribution < -0.4 is 5.32 Å². The number of carbonyl (C=O) groups excluding carboxylic acids is 2. The van der Waals surface area contributed by atoms with Crippen molar-refractivity contribution in [3.05, 3.63) is 12.4 Å². The Hall–Kier alpha value is -1.69. The van der Waals surface area contributed by atoms with Gasteiger partial charge in [-0.2, -0.15) is 5.10 Å². The molecule has 1 aromatic rings. The van der Waals surface area contributed by atoms with E-state index in [-0.39, 0.29) is 17.2 Å². The molecule has 8 atom stereocenters. The summed E-state index contributed by atoms with van der Waals surface area (Å²) in [7, 11) is 1.85. The summed E-state index contributed by atoms with van der Waals surface area (Å²) in [4.78, 5) is 24.8. The minimum absolute atomic E-state index is 0.121. The Balaban J connectivity index is 1.27. The first-order valence-corrected chi connectivity index (χ1v) is 13.6. The van der Waals surface area contributed by atoms with Crippen LogP contribution in [0.5, 0.6) is 0 Å². The topological polar surface area (TPSA) is 73.2 Å². The lowest BCUT2D eigenvalue weighted by Gasteiger charge is -2.61. The second-order valence-electron chi connectivity index (χ2n) is 12.5. The molecule has 5 rings (SSSR count). The monoisotopic (exact) mass is 469 g/mol. The molecule has 1 N–H and O–H groups in total. The van der Waals surface area contributed by atoms with Crippen molar-refractivity contribution in [3.8, 4) is 0 Å². The zero-order valence-corrected chi connectivity index (χ0v) is 21.5. The number of rotatable bonds is 6. The number of Topliss-reactive ketones (excluding diaryl/α,β-unsaturated/α-hetero) is 1. The number of ether oxygens (including phenoxy) is 1. The molecule has 8 unspecified atom stereocenters. The van der Waals surface area contributed by atoms with Gasteiger partial charge in [-0.15, -0.1) is 0 Å². The molecule has 0 aliphatic heterocycles. The van der Waals surface area contributed by atoms with Crippen molar-refractivity contribution in [1.29, 1.82) is 0 Å². The highest BCUT2D eigenvalue weighted by molar-refractivity contribution is 5.88. The summed E-state index contributed by atoms with van der Waals surface area (Å²) in [6, 6.07) is 0. The van der Waals surface area contributed by atoms with E-state index in [1.807, 2.05) is 7.11 Å². The molecule has 4 fully saturated rings. The lowest BCUT2D eigenvalue weighted by Crippen LogP contribution is -2.54. The third kappa shape index (κ3) is 4.04. The minimum atomic E-state index is -0.121. The molecule has 1 amide bonds. The summed E-state index contributed by atoms with van der Waals surface area (Å²) in [5, 5.41) is 7.07. The van der Waals surface area contributed by atoms with Crippen molar-refractivity contribution in [1.82, 2.24) is 9.78 Å². The normalized spacial score (nSPS) is 41.3. The number of methoxy groups -OCH3 is 1. The average molecular weight is 470 g/mol. The van der Waals surface area contributed by atoms with Crippen LogP contribution in [0.4, 0.5) is 5.69 Å². The number of amides is 1. The third-order valence-corrected chi connectivity index (χ3v) is 10.8. The Bertz CT molecular complexity index is 928. The fraction of sp³-hybridized carbons (Fsp3) is 0.821. The molecule has 4 aliphatic carbocycles. The Morgan fingerprint density at radius 2 is 1.85 bits per heavy atom. The highest BCUT2D eigenvalue weighted by atomic mass is 16.5. The fourth-order valence-electron chi connectivity index (χ4n) is 9.25. The number of fused-ring (bicyclic) bond motifs is 5. The summed E-state index contributed by atoms with van der Waals surface area (Å²) < 4.78 is 7.20. The molecule has 0 bridgehead atoms. The number of nitrogens with one attached hydrogen (secondary N) is 1. The zero-order chi connectivity index (χ0) is 24.1. The van der Waals surface area contributed by atoms with E-state index in [2.05, 4.69) is 24.3 Å². The van der Waals surface area contributed by atoms with Gasteiger partial charge < -0.3 is 10.1 Å². The molecule has 1 aromatic heterocycles. The molecule has 0 aromatic carbocycles. The van der Waals surface area contributed by atoms with Crippen LogP contribution in [-0.2, 0) is 20.9 Å². The van der Waals surface area contributed by atoms with Crippen molar-refractivity contribution in [2.45, 2.75) is 85.1 Å². The fourth-order valence-corrected chi connectivity index (χ4v) is 9.25. The zero-order valence-electron chi connectivity index (χ0n) is 21.5. The van der Waals surface area contributed by atoms with E-state index in [1.54, 1.807) is 17.1 Å². The van der Waals surface area contributed by atoms with Gasteiger partial charge in [-0.05, 0) is 98.2 Å². The third-order valence-electron chi connectivity index (χ3n) is 10.8. The number of aromatic nitrogens is 2. The van der Waals surface area contributed by atoms with Crippen molar-refractivity contribution in [2.75, 3.05) is 19.0 Å². The van der Waals surface area contributed by atoms with Gasteiger partial charge in [-0.1, -0.05) is 13.8 Å². The first kappa shape index (κ1) is 24.0. The number of anilines is 1. The van der Waals surface area contributed by atoms with Crippen molar-refractivity contribution in [2.24, 2.45) is 46.3 Å². The van der Waals surface area contributed by atoms with Gasteiger partial charge in [-0.3, -0.25) is 14.3 Å². The molecule has 34 heavy (non-hydrogen) atoms. The summed E-state index contributed by atoms with van der Waals surface area (Å²) in [6.45, 7) is 7.76. The van der Waals surface area contributed by atoms with Crippen LogP contribution in [0.1, 0.15) is 78.6 Å². The van der Waals surface area contributed by atoms with Crippen LogP contribution in [-0.4, -0.2) is 35.2 Å². The van der Waals surface area contributed by atoms with Gasteiger partial charge in [0.05, 0.1) is 18.4 Å². The Morgan fingerprint density at radius 3 is 2.62 bits per heavy atom.